The molecule has 0 aliphatic heterocycles. The maximum absolute atomic E-state index is 5.49. The third-order valence-electron chi connectivity index (χ3n) is 2.80. The summed E-state index contributed by atoms with van der Waals surface area (Å²) in [6.45, 7) is 8.86. The molecular formula is C14H24N2O2. The maximum atomic E-state index is 5.49. The zero-order chi connectivity index (χ0) is 13.6. The van der Waals surface area contributed by atoms with Gasteiger partial charge in [0.15, 0.2) is 0 Å². The lowest BCUT2D eigenvalue weighted by atomic mass is 10.00. The fourth-order valence-electron chi connectivity index (χ4n) is 1.89. The van der Waals surface area contributed by atoms with E-state index in [4.69, 9.17) is 9.47 Å². The van der Waals surface area contributed by atoms with Crippen LogP contribution in [0.25, 0.3) is 0 Å². The molecule has 0 aromatic carbocycles. The van der Waals surface area contributed by atoms with E-state index in [2.05, 4.69) is 31.1 Å². The van der Waals surface area contributed by atoms with Crippen LogP contribution in [0, 0.1) is 0 Å². The summed E-state index contributed by atoms with van der Waals surface area (Å²) in [6, 6.07) is 4.16. The van der Waals surface area contributed by atoms with Gasteiger partial charge in [0.05, 0.1) is 17.9 Å². The first-order valence-electron chi connectivity index (χ1n) is 6.38. The number of hydrogen-bond acceptors (Lipinski definition) is 4. The summed E-state index contributed by atoms with van der Waals surface area (Å²) in [5, 5.41) is 3.42. The average molecular weight is 252 g/mol. The van der Waals surface area contributed by atoms with Crippen LogP contribution < -0.4 is 10.1 Å². The van der Waals surface area contributed by atoms with Crippen LogP contribution in [0.5, 0.6) is 5.88 Å². The lowest BCUT2D eigenvalue weighted by Crippen LogP contribution is -2.31. The number of ether oxygens (including phenoxy) is 2. The smallest absolute Gasteiger partial charge is 0.237 e. The van der Waals surface area contributed by atoms with Crippen LogP contribution in [0.4, 0.5) is 5.69 Å². The number of aromatic nitrogens is 1. The first-order valence-corrected chi connectivity index (χ1v) is 6.38. The van der Waals surface area contributed by atoms with Gasteiger partial charge in [-0.2, -0.15) is 0 Å². The Morgan fingerprint density at radius 1 is 1.44 bits per heavy atom. The van der Waals surface area contributed by atoms with Gasteiger partial charge in [-0.1, -0.05) is 0 Å². The summed E-state index contributed by atoms with van der Waals surface area (Å²) in [6.07, 6.45) is 2.64. The van der Waals surface area contributed by atoms with Crippen LogP contribution >= 0.6 is 0 Å². The first kappa shape index (κ1) is 14.8. The van der Waals surface area contributed by atoms with Crippen LogP contribution in [0.15, 0.2) is 18.3 Å². The monoisotopic (exact) mass is 252 g/mol. The molecule has 0 saturated heterocycles. The molecule has 0 saturated carbocycles. The van der Waals surface area contributed by atoms with E-state index in [-0.39, 0.29) is 11.6 Å². The molecule has 0 amide bonds. The minimum Gasteiger partial charge on any atom is -0.476 e. The molecule has 1 aromatic heterocycles. The van der Waals surface area contributed by atoms with Gasteiger partial charge < -0.3 is 14.8 Å². The summed E-state index contributed by atoms with van der Waals surface area (Å²) in [4.78, 5) is 4.22. The molecule has 0 aliphatic rings. The van der Waals surface area contributed by atoms with Gasteiger partial charge in [-0.15, -0.1) is 0 Å². The van der Waals surface area contributed by atoms with Crippen molar-refractivity contribution in [1.29, 1.82) is 0 Å². The highest BCUT2D eigenvalue weighted by Crippen LogP contribution is 2.24. The number of hydrogen-bond donors (Lipinski definition) is 1. The molecule has 0 bridgehead atoms. The molecule has 1 heterocycles. The Labute approximate surface area is 110 Å². The lowest BCUT2D eigenvalue weighted by Gasteiger charge is -2.27. The Bertz CT molecular complexity index is 367. The van der Waals surface area contributed by atoms with Crippen molar-refractivity contribution in [3.05, 3.63) is 18.3 Å². The summed E-state index contributed by atoms with van der Waals surface area (Å²) in [5.74, 6) is 0.655. The molecule has 4 heteroatoms. The zero-order valence-electron chi connectivity index (χ0n) is 12.0. The molecule has 102 valence electrons. The second kappa shape index (κ2) is 6.59. The van der Waals surface area contributed by atoms with Crippen molar-refractivity contribution in [3.63, 3.8) is 0 Å². The lowest BCUT2D eigenvalue weighted by molar-refractivity contribution is 0.0128. The molecule has 0 spiro atoms. The van der Waals surface area contributed by atoms with E-state index in [1.165, 1.54) is 0 Å². The third kappa shape index (κ3) is 4.53. The fraction of sp³-hybridized carbons (Fsp3) is 0.643. The summed E-state index contributed by atoms with van der Waals surface area (Å²) < 4.78 is 10.9. The first-order chi connectivity index (χ1) is 8.48. The second-order valence-electron chi connectivity index (χ2n) is 5.00. The van der Waals surface area contributed by atoms with Crippen molar-refractivity contribution in [2.75, 3.05) is 19.0 Å². The van der Waals surface area contributed by atoms with E-state index in [9.17, 15) is 0 Å². The highest BCUT2D eigenvalue weighted by molar-refractivity contribution is 5.52. The van der Waals surface area contributed by atoms with Gasteiger partial charge in [0.1, 0.15) is 0 Å². The largest absolute Gasteiger partial charge is 0.476 e. The molecular weight excluding hydrogens is 228 g/mol. The number of methoxy groups -OCH3 is 1. The van der Waals surface area contributed by atoms with Crippen molar-refractivity contribution in [2.24, 2.45) is 0 Å². The van der Waals surface area contributed by atoms with E-state index in [0.29, 0.717) is 12.5 Å². The summed E-state index contributed by atoms with van der Waals surface area (Å²) in [5.41, 5.74) is 0.791. The average Bonchev–Trinajstić information content (AvgIpc) is 2.31. The minimum absolute atomic E-state index is 0.138. The summed E-state index contributed by atoms with van der Waals surface area (Å²) in [7, 11) is 1.74. The Morgan fingerprint density at radius 2 is 2.17 bits per heavy atom. The number of nitrogens with zero attached hydrogens (tertiary/aromatic N) is 1. The normalized spacial score (nSPS) is 13.2. The van der Waals surface area contributed by atoms with Crippen LogP contribution in [0.1, 0.15) is 34.1 Å². The van der Waals surface area contributed by atoms with Crippen molar-refractivity contribution >= 4 is 5.69 Å². The molecule has 4 nitrogen and oxygen atoms in total. The predicted molar refractivity (Wildman–Crippen MR) is 74.2 cm³/mol. The number of nitrogens with one attached hydrogen (secondary N) is 1. The minimum atomic E-state index is -0.138. The van der Waals surface area contributed by atoms with E-state index in [1.54, 1.807) is 13.3 Å². The van der Waals surface area contributed by atoms with Gasteiger partial charge in [-0.25, -0.2) is 4.98 Å². The van der Waals surface area contributed by atoms with Crippen LogP contribution in [-0.2, 0) is 4.74 Å². The molecule has 0 radical (unpaired) electrons. The van der Waals surface area contributed by atoms with E-state index in [1.807, 2.05) is 19.1 Å². The summed E-state index contributed by atoms with van der Waals surface area (Å²) >= 11 is 0. The standard InChI is InChI=1S/C14H24N2O2/c1-6-18-13-12(8-7-9-15-13)16-11(2)10-14(3,4)17-5/h7-9,11,16H,6,10H2,1-5H3. The molecule has 1 N–H and O–H groups in total. The molecule has 1 unspecified atom stereocenters. The van der Waals surface area contributed by atoms with Crippen molar-refractivity contribution < 1.29 is 9.47 Å². The van der Waals surface area contributed by atoms with Gasteiger partial charge in [0.25, 0.3) is 0 Å². The molecule has 1 rings (SSSR count). The Hall–Kier alpha value is -1.29. The van der Waals surface area contributed by atoms with Crippen molar-refractivity contribution in [2.45, 2.75) is 45.8 Å². The highest BCUT2D eigenvalue weighted by Gasteiger charge is 2.20. The third-order valence-corrected chi connectivity index (χ3v) is 2.80. The zero-order valence-corrected chi connectivity index (χ0v) is 12.0. The van der Waals surface area contributed by atoms with Gasteiger partial charge in [-0.3, -0.25) is 0 Å². The Kier molecular flexibility index (Phi) is 5.41. The molecule has 0 fully saturated rings. The predicted octanol–water partition coefficient (Wildman–Crippen LogP) is 3.10. The second-order valence-corrected chi connectivity index (χ2v) is 5.00. The molecule has 1 atom stereocenters. The SMILES string of the molecule is CCOc1ncccc1NC(C)CC(C)(C)OC. The van der Waals surface area contributed by atoms with Crippen LogP contribution in [0.3, 0.4) is 0 Å². The maximum Gasteiger partial charge on any atom is 0.237 e. The van der Waals surface area contributed by atoms with Gasteiger partial charge in [0, 0.05) is 19.3 Å². The molecule has 1 aromatic rings. The Morgan fingerprint density at radius 3 is 2.78 bits per heavy atom. The highest BCUT2D eigenvalue weighted by atomic mass is 16.5. The van der Waals surface area contributed by atoms with Gasteiger partial charge >= 0.3 is 0 Å². The van der Waals surface area contributed by atoms with Gasteiger partial charge in [0.2, 0.25) is 5.88 Å². The quantitative estimate of drug-likeness (QED) is 0.810. The van der Waals surface area contributed by atoms with Gasteiger partial charge in [-0.05, 0) is 46.2 Å². The molecule has 18 heavy (non-hydrogen) atoms. The van der Waals surface area contributed by atoms with Crippen LogP contribution in [-0.4, -0.2) is 30.3 Å². The van der Waals surface area contributed by atoms with Crippen molar-refractivity contribution in [1.82, 2.24) is 4.98 Å². The van der Waals surface area contributed by atoms with E-state index < -0.39 is 0 Å². The van der Waals surface area contributed by atoms with Crippen molar-refractivity contribution in [3.8, 4) is 5.88 Å². The topological polar surface area (TPSA) is 43.4 Å². The number of anilines is 1. The fourth-order valence-corrected chi connectivity index (χ4v) is 1.89. The van der Waals surface area contributed by atoms with Crippen LogP contribution in [0.2, 0.25) is 0 Å². The number of rotatable bonds is 7. The number of pyridine rings is 1. The van der Waals surface area contributed by atoms with E-state index >= 15 is 0 Å². The van der Waals surface area contributed by atoms with E-state index in [0.717, 1.165) is 12.1 Å². The Balaban J connectivity index is 2.66. The molecule has 0 aliphatic carbocycles.